The van der Waals surface area contributed by atoms with Crippen LogP contribution in [0.4, 0.5) is 0 Å². The molecule has 1 N–H and O–H groups in total. The number of fused-ring (bicyclic) bond motifs is 1. The van der Waals surface area contributed by atoms with Crippen LogP contribution in [0.5, 0.6) is 11.5 Å². The number of methoxy groups -OCH3 is 2. The Bertz CT molecular complexity index is 908. The Hall–Kier alpha value is -3.02. The SMILES string of the molecule is COc1ccc(CC(=O)OCC(=O)NC(C)c2ccc3c(c2)CCCC3)cc1OC. The number of aryl methyl sites for hydroxylation is 2. The molecular formula is C24H29NO5. The highest BCUT2D eigenvalue weighted by atomic mass is 16.5. The summed E-state index contributed by atoms with van der Waals surface area (Å²) in [6, 6.07) is 11.5. The lowest BCUT2D eigenvalue weighted by atomic mass is 9.89. The molecule has 1 unspecified atom stereocenters. The fraction of sp³-hybridized carbons (Fsp3) is 0.417. The van der Waals surface area contributed by atoms with Gasteiger partial charge in [0, 0.05) is 0 Å². The molecule has 0 saturated carbocycles. The Morgan fingerprint density at radius 2 is 1.70 bits per heavy atom. The van der Waals surface area contributed by atoms with Crippen molar-refractivity contribution in [2.75, 3.05) is 20.8 Å². The highest BCUT2D eigenvalue weighted by Gasteiger charge is 2.16. The Kier molecular flexibility index (Phi) is 7.33. The van der Waals surface area contributed by atoms with Crippen molar-refractivity contribution < 1.29 is 23.8 Å². The first kappa shape index (κ1) is 21.7. The molecule has 0 spiro atoms. The van der Waals surface area contributed by atoms with Crippen molar-refractivity contribution in [1.29, 1.82) is 0 Å². The highest BCUT2D eigenvalue weighted by molar-refractivity contribution is 5.81. The Balaban J connectivity index is 1.48. The van der Waals surface area contributed by atoms with E-state index in [1.165, 1.54) is 31.1 Å². The number of rotatable bonds is 8. The molecule has 0 bridgehead atoms. The summed E-state index contributed by atoms with van der Waals surface area (Å²) in [5.74, 6) is 0.337. The maximum atomic E-state index is 12.2. The lowest BCUT2D eigenvalue weighted by molar-refractivity contribution is -0.148. The van der Waals surface area contributed by atoms with E-state index in [9.17, 15) is 9.59 Å². The molecule has 6 nitrogen and oxygen atoms in total. The largest absolute Gasteiger partial charge is 0.493 e. The summed E-state index contributed by atoms with van der Waals surface area (Å²) in [6.45, 7) is 1.63. The van der Waals surface area contributed by atoms with Gasteiger partial charge >= 0.3 is 5.97 Å². The Morgan fingerprint density at radius 1 is 0.967 bits per heavy atom. The van der Waals surface area contributed by atoms with Crippen LogP contribution in [0, 0.1) is 0 Å². The topological polar surface area (TPSA) is 73.9 Å². The second kappa shape index (κ2) is 10.1. The number of ether oxygens (including phenoxy) is 3. The summed E-state index contributed by atoms with van der Waals surface area (Å²) in [7, 11) is 3.09. The van der Waals surface area contributed by atoms with E-state index in [1.54, 1.807) is 25.3 Å². The molecule has 2 aromatic rings. The van der Waals surface area contributed by atoms with E-state index in [2.05, 4.69) is 23.5 Å². The average molecular weight is 411 g/mol. The quantitative estimate of drug-likeness (QED) is 0.673. The summed E-state index contributed by atoms with van der Waals surface area (Å²) in [5.41, 5.74) is 4.58. The van der Waals surface area contributed by atoms with Crippen LogP contribution in [0.25, 0.3) is 0 Å². The van der Waals surface area contributed by atoms with Gasteiger partial charge in [0.2, 0.25) is 0 Å². The van der Waals surface area contributed by atoms with Gasteiger partial charge in [0.1, 0.15) is 0 Å². The van der Waals surface area contributed by atoms with Crippen LogP contribution >= 0.6 is 0 Å². The van der Waals surface area contributed by atoms with Crippen molar-refractivity contribution in [2.24, 2.45) is 0 Å². The number of benzene rings is 2. The van der Waals surface area contributed by atoms with Gasteiger partial charge in [0.15, 0.2) is 18.1 Å². The van der Waals surface area contributed by atoms with E-state index >= 15 is 0 Å². The van der Waals surface area contributed by atoms with E-state index in [-0.39, 0.29) is 25.0 Å². The predicted molar refractivity (Wildman–Crippen MR) is 114 cm³/mol. The Labute approximate surface area is 177 Å². The van der Waals surface area contributed by atoms with Gasteiger partial charge in [-0.15, -0.1) is 0 Å². The second-order valence-corrected chi connectivity index (χ2v) is 7.55. The van der Waals surface area contributed by atoms with Crippen LogP contribution < -0.4 is 14.8 Å². The molecule has 2 aromatic carbocycles. The van der Waals surface area contributed by atoms with E-state index in [4.69, 9.17) is 14.2 Å². The minimum Gasteiger partial charge on any atom is -0.493 e. The molecule has 0 fully saturated rings. The van der Waals surface area contributed by atoms with Gasteiger partial charge in [-0.05, 0) is 67.0 Å². The third-order valence-corrected chi connectivity index (χ3v) is 5.41. The molecule has 30 heavy (non-hydrogen) atoms. The molecule has 0 radical (unpaired) electrons. The molecule has 1 amide bonds. The van der Waals surface area contributed by atoms with Crippen LogP contribution in [-0.4, -0.2) is 32.7 Å². The molecule has 160 valence electrons. The average Bonchev–Trinajstić information content (AvgIpc) is 2.77. The van der Waals surface area contributed by atoms with E-state index in [0.29, 0.717) is 11.5 Å². The molecular weight excluding hydrogens is 382 g/mol. The molecule has 0 saturated heterocycles. The third kappa shape index (κ3) is 5.53. The summed E-state index contributed by atoms with van der Waals surface area (Å²) in [4.78, 5) is 24.3. The van der Waals surface area contributed by atoms with Crippen LogP contribution in [0.2, 0.25) is 0 Å². The van der Waals surface area contributed by atoms with Gasteiger partial charge in [0.05, 0.1) is 26.7 Å². The number of hydrogen-bond donors (Lipinski definition) is 1. The third-order valence-electron chi connectivity index (χ3n) is 5.41. The maximum absolute atomic E-state index is 12.2. The van der Waals surface area contributed by atoms with Crippen LogP contribution in [0.3, 0.4) is 0 Å². The minimum atomic E-state index is -0.473. The smallest absolute Gasteiger partial charge is 0.310 e. The Morgan fingerprint density at radius 3 is 2.43 bits per heavy atom. The van der Waals surface area contributed by atoms with E-state index < -0.39 is 5.97 Å². The number of carbonyl (C=O) groups excluding carboxylic acids is 2. The van der Waals surface area contributed by atoms with Gasteiger partial charge in [-0.25, -0.2) is 0 Å². The lowest BCUT2D eigenvalue weighted by Gasteiger charge is -2.20. The predicted octanol–water partition coefficient (Wildman–Crippen LogP) is 3.55. The number of carbonyl (C=O) groups is 2. The number of amides is 1. The zero-order valence-corrected chi connectivity index (χ0v) is 17.8. The van der Waals surface area contributed by atoms with Crippen LogP contribution in [-0.2, 0) is 33.6 Å². The monoisotopic (exact) mass is 411 g/mol. The molecule has 1 aliphatic carbocycles. The van der Waals surface area contributed by atoms with Crippen molar-refractivity contribution in [2.45, 2.75) is 45.1 Å². The molecule has 0 heterocycles. The molecule has 3 rings (SSSR count). The highest BCUT2D eigenvalue weighted by Crippen LogP contribution is 2.28. The zero-order chi connectivity index (χ0) is 21.5. The number of nitrogens with one attached hydrogen (secondary N) is 1. The summed E-state index contributed by atoms with van der Waals surface area (Å²) in [6.07, 6.45) is 4.73. The fourth-order valence-corrected chi connectivity index (χ4v) is 3.74. The van der Waals surface area contributed by atoms with Gasteiger partial charge in [-0.2, -0.15) is 0 Å². The van der Waals surface area contributed by atoms with Gasteiger partial charge in [-0.3, -0.25) is 9.59 Å². The first-order valence-electron chi connectivity index (χ1n) is 10.3. The summed E-state index contributed by atoms with van der Waals surface area (Å²) >= 11 is 0. The normalized spacial score (nSPS) is 13.7. The number of hydrogen-bond acceptors (Lipinski definition) is 5. The summed E-state index contributed by atoms with van der Waals surface area (Å²) < 4.78 is 15.6. The molecule has 0 aromatic heterocycles. The molecule has 1 aliphatic rings. The van der Waals surface area contributed by atoms with E-state index in [0.717, 1.165) is 24.0 Å². The molecule has 6 heteroatoms. The minimum absolute atomic E-state index is 0.0496. The van der Waals surface area contributed by atoms with Crippen molar-refractivity contribution in [3.8, 4) is 11.5 Å². The van der Waals surface area contributed by atoms with Crippen molar-refractivity contribution in [1.82, 2.24) is 5.32 Å². The van der Waals surface area contributed by atoms with Gasteiger partial charge in [0.25, 0.3) is 5.91 Å². The van der Waals surface area contributed by atoms with Crippen molar-refractivity contribution in [3.63, 3.8) is 0 Å². The van der Waals surface area contributed by atoms with Crippen LogP contribution in [0.15, 0.2) is 36.4 Å². The van der Waals surface area contributed by atoms with Crippen molar-refractivity contribution >= 4 is 11.9 Å². The van der Waals surface area contributed by atoms with E-state index in [1.807, 2.05) is 6.92 Å². The first-order chi connectivity index (χ1) is 14.5. The molecule has 0 aliphatic heterocycles. The first-order valence-corrected chi connectivity index (χ1v) is 10.3. The fourth-order valence-electron chi connectivity index (χ4n) is 3.74. The standard InChI is InChI=1S/C24H29NO5/c1-16(19-10-9-18-6-4-5-7-20(18)14-19)25-23(26)15-30-24(27)13-17-8-11-21(28-2)22(12-17)29-3/h8-12,14,16H,4-7,13,15H2,1-3H3,(H,25,26). The van der Waals surface area contributed by atoms with Gasteiger partial charge < -0.3 is 19.5 Å². The maximum Gasteiger partial charge on any atom is 0.310 e. The zero-order valence-electron chi connectivity index (χ0n) is 17.8. The summed E-state index contributed by atoms with van der Waals surface area (Å²) in [5, 5.41) is 2.90. The van der Waals surface area contributed by atoms with Crippen LogP contribution in [0.1, 0.15) is 48.1 Å². The van der Waals surface area contributed by atoms with Crippen molar-refractivity contribution in [3.05, 3.63) is 58.7 Å². The van der Waals surface area contributed by atoms with Gasteiger partial charge in [-0.1, -0.05) is 24.3 Å². The lowest BCUT2D eigenvalue weighted by Crippen LogP contribution is -2.31. The second-order valence-electron chi connectivity index (χ2n) is 7.55. The molecule has 1 atom stereocenters. The number of esters is 1.